The Hall–Kier alpha value is -1.56. The van der Waals surface area contributed by atoms with Gasteiger partial charge in [-0.05, 0) is 26.7 Å². The second-order valence-electron chi connectivity index (χ2n) is 5.09. The van der Waals surface area contributed by atoms with Crippen molar-refractivity contribution in [2.75, 3.05) is 11.9 Å². The van der Waals surface area contributed by atoms with Crippen molar-refractivity contribution in [3.05, 3.63) is 11.5 Å². The van der Waals surface area contributed by atoms with Crippen LogP contribution >= 0.6 is 0 Å². The zero-order valence-corrected chi connectivity index (χ0v) is 11.4. The second-order valence-corrected chi connectivity index (χ2v) is 5.09. The predicted molar refractivity (Wildman–Crippen MR) is 71.0 cm³/mol. The summed E-state index contributed by atoms with van der Waals surface area (Å²) in [4.78, 5) is 16.0. The number of hydrogen-bond donors (Lipinski definition) is 3. The van der Waals surface area contributed by atoms with Crippen molar-refractivity contribution in [2.24, 2.45) is 5.92 Å². The van der Waals surface area contributed by atoms with Crippen LogP contribution < -0.4 is 10.6 Å². The lowest BCUT2D eigenvalue weighted by atomic mass is 9.85. The van der Waals surface area contributed by atoms with Crippen LogP contribution in [0.25, 0.3) is 0 Å². The highest BCUT2D eigenvalue weighted by Crippen LogP contribution is 2.24. The first kappa shape index (κ1) is 13.9. The molecule has 19 heavy (non-hydrogen) atoms. The molecule has 106 valence electrons. The molecule has 1 fully saturated rings. The fraction of sp³-hybridized carbons (Fsp3) is 0.692. The third kappa shape index (κ3) is 3.47. The molecule has 6 heteroatoms. The average molecular weight is 267 g/mol. The molecule has 1 saturated carbocycles. The molecule has 6 nitrogen and oxygen atoms in total. The van der Waals surface area contributed by atoms with Crippen LogP contribution in [0.3, 0.4) is 0 Å². The molecule has 0 bridgehead atoms. The van der Waals surface area contributed by atoms with Gasteiger partial charge in [-0.25, -0.2) is 4.79 Å². The summed E-state index contributed by atoms with van der Waals surface area (Å²) < 4.78 is 5.29. The van der Waals surface area contributed by atoms with Crippen molar-refractivity contribution < 1.29 is 14.3 Å². The van der Waals surface area contributed by atoms with Gasteiger partial charge in [0, 0.05) is 18.6 Å². The Kier molecular flexibility index (Phi) is 4.42. The first-order valence-corrected chi connectivity index (χ1v) is 6.72. The van der Waals surface area contributed by atoms with E-state index in [1.807, 2.05) is 6.92 Å². The first-order valence-electron chi connectivity index (χ1n) is 6.72. The number of hydrogen-bond acceptors (Lipinski definition) is 4. The number of carbonyl (C=O) groups excluding carboxylic acids is 1. The van der Waals surface area contributed by atoms with Gasteiger partial charge in [0.05, 0.1) is 5.69 Å². The highest BCUT2D eigenvalue weighted by atomic mass is 16.4. The van der Waals surface area contributed by atoms with Gasteiger partial charge in [-0.15, -0.1) is 0 Å². The molecular formula is C13H21N3O3. The number of aliphatic hydroxyl groups excluding tert-OH is 1. The molecule has 0 spiro atoms. The Bertz CT molecular complexity index is 425. The van der Waals surface area contributed by atoms with E-state index in [-0.39, 0.29) is 30.6 Å². The molecule has 3 N–H and O–H groups in total. The number of aryl methyl sites for hydroxylation is 2. The maximum Gasteiger partial charge on any atom is 0.323 e. The van der Waals surface area contributed by atoms with Crippen LogP contribution in [0, 0.1) is 19.8 Å². The minimum absolute atomic E-state index is 0.0240. The SMILES string of the molecule is Cc1nc(NC(=O)NC2CCCCC2CO)oc1C. The highest BCUT2D eigenvalue weighted by Gasteiger charge is 2.26. The van der Waals surface area contributed by atoms with E-state index in [9.17, 15) is 9.90 Å². The first-order chi connectivity index (χ1) is 9.10. The quantitative estimate of drug-likeness (QED) is 0.781. The summed E-state index contributed by atoms with van der Waals surface area (Å²) in [6.45, 7) is 3.74. The van der Waals surface area contributed by atoms with Gasteiger partial charge in [0.2, 0.25) is 0 Å². The van der Waals surface area contributed by atoms with Crippen LogP contribution in [-0.4, -0.2) is 28.8 Å². The number of carbonyl (C=O) groups is 1. The standard InChI is InChI=1S/C13H21N3O3/c1-8-9(2)19-13(14-8)16-12(18)15-11-6-4-3-5-10(11)7-17/h10-11,17H,3-7H2,1-2H3,(H2,14,15,16,18). The second kappa shape index (κ2) is 6.06. The van der Waals surface area contributed by atoms with Gasteiger partial charge < -0.3 is 14.8 Å². The fourth-order valence-electron chi connectivity index (χ4n) is 2.44. The van der Waals surface area contributed by atoms with E-state index in [4.69, 9.17) is 4.42 Å². The fourth-order valence-corrected chi connectivity index (χ4v) is 2.44. The van der Waals surface area contributed by atoms with E-state index in [2.05, 4.69) is 15.6 Å². The van der Waals surface area contributed by atoms with Crippen LogP contribution in [0.4, 0.5) is 10.8 Å². The predicted octanol–water partition coefficient (Wildman–Crippen LogP) is 1.96. The van der Waals surface area contributed by atoms with Crippen molar-refractivity contribution in [1.29, 1.82) is 0 Å². The molecule has 2 atom stereocenters. The van der Waals surface area contributed by atoms with Crippen LogP contribution in [0.15, 0.2) is 4.42 Å². The normalized spacial score (nSPS) is 23.1. The monoisotopic (exact) mass is 267 g/mol. The zero-order valence-electron chi connectivity index (χ0n) is 11.4. The van der Waals surface area contributed by atoms with E-state index < -0.39 is 0 Å². The van der Waals surface area contributed by atoms with Crippen molar-refractivity contribution in [3.8, 4) is 0 Å². The molecule has 0 saturated heterocycles. The molecule has 2 unspecified atom stereocenters. The van der Waals surface area contributed by atoms with Gasteiger partial charge in [-0.3, -0.25) is 5.32 Å². The van der Waals surface area contributed by atoms with Gasteiger partial charge in [0.15, 0.2) is 0 Å². The molecule has 1 aliphatic rings. The van der Waals surface area contributed by atoms with Crippen molar-refractivity contribution in [1.82, 2.24) is 10.3 Å². The van der Waals surface area contributed by atoms with E-state index in [1.54, 1.807) is 6.92 Å². The van der Waals surface area contributed by atoms with Gasteiger partial charge in [-0.2, -0.15) is 4.98 Å². The lowest BCUT2D eigenvalue weighted by molar-refractivity contribution is 0.156. The van der Waals surface area contributed by atoms with E-state index in [0.29, 0.717) is 5.76 Å². The van der Waals surface area contributed by atoms with Crippen molar-refractivity contribution >= 4 is 12.0 Å². The summed E-state index contributed by atoms with van der Waals surface area (Å²) in [5, 5.41) is 14.8. The van der Waals surface area contributed by atoms with E-state index >= 15 is 0 Å². The molecular weight excluding hydrogens is 246 g/mol. The van der Waals surface area contributed by atoms with Crippen LogP contribution in [0.1, 0.15) is 37.1 Å². The summed E-state index contributed by atoms with van der Waals surface area (Å²) in [6.07, 6.45) is 4.06. The van der Waals surface area contributed by atoms with Crippen LogP contribution in [-0.2, 0) is 0 Å². The topological polar surface area (TPSA) is 87.4 Å². The maximum absolute atomic E-state index is 11.9. The molecule has 2 amide bonds. The van der Waals surface area contributed by atoms with Gasteiger partial charge in [0.1, 0.15) is 5.76 Å². The number of nitrogens with one attached hydrogen (secondary N) is 2. The van der Waals surface area contributed by atoms with Crippen molar-refractivity contribution in [2.45, 2.75) is 45.6 Å². The summed E-state index contributed by atoms with van der Waals surface area (Å²) >= 11 is 0. The molecule has 1 aromatic heterocycles. The van der Waals surface area contributed by atoms with Gasteiger partial charge in [-0.1, -0.05) is 12.8 Å². The number of aromatic nitrogens is 1. The lowest BCUT2D eigenvalue weighted by Crippen LogP contribution is -2.45. The Morgan fingerprint density at radius 2 is 2.16 bits per heavy atom. The molecule has 0 aromatic carbocycles. The largest absolute Gasteiger partial charge is 0.428 e. The average Bonchev–Trinajstić information content (AvgIpc) is 2.68. The minimum atomic E-state index is -0.327. The maximum atomic E-state index is 11.9. The Balaban J connectivity index is 1.89. The number of amides is 2. The number of rotatable bonds is 3. The summed E-state index contributed by atoms with van der Waals surface area (Å²) in [5.41, 5.74) is 0.765. The number of nitrogens with zero attached hydrogens (tertiary/aromatic N) is 1. The van der Waals surface area contributed by atoms with Gasteiger partial charge in [0.25, 0.3) is 0 Å². The van der Waals surface area contributed by atoms with Gasteiger partial charge >= 0.3 is 12.0 Å². The number of anilines is 1. The summed E-state index contributed by atoms with van der Waals surface area (Å²) in [7, 11) is 0. The van der Waals surface area contributed by atoms with Crippen LogP contribution in [0.5, 0.6) is 0 Å². The Morgan fingerprint density at radius 3 is 2.79 bits per heavy atom. The number of urea groups is 1. The summed E-state index contributed by atoms with van der Waals surface area (Å²) in [6, 6.07) is -0.0913. The zero-order chi connectivity index (χ0) is 13.8. The Morgan fingerprint density at radius 1 is 1.42 bits per heavy atom. The molecule has 0 aliphatic heterocycles. The smallest absolute Gasteiger partial charge is 0.323 e. The molecule has 0 radical (unpaired) electrons. The van der Waals surface area contributed by atoms with Crippen molar-refractivity contribution in [3.63, 3.8) is 0 Å². The third-order valence-electron chi connectivity index (χ3n) is 3.71. The molecule has 1 aliphatic carbocycles. The highest BCUT2D eigenvalue weighted by molar-refractivity contribution is 5.87. The van der Waals surface area contributed by atoms with Crippen LogP contribution in [0.2, 0.25) is 0 Å². The molecule has 2 rings (SSSR count). The molecule has 1 heterocycles. The molecule has 1 aromatic rings. The van der Waals surface area contributed by atoms with E-state index in [1.165, 1.54) is 0 Å². The van der Waals surface area contributed by atoms with E-state index in [0.717, 1.165) is 31.4 Å². The number of oxazole rings is 1. The lowest BCUT2D eigenvalue weighted by Gasteiger charge is -2.30. The third-order valence-corrected chi connectivity index (χ3v) is 3.71. The summed E-state index contributed by atoms with van der Waals surface area (Å²) in [5.74, 6) is 0.841. The Labute approximate surface area is 112 Å². The minimum Gasteiger partial charge on any atom is -0.428 e. The number of aliphatic hydroxyl groups is 1.